The van der Waals surface area contributed by atoms with Gasteiger partial charge in [-0.05, 0) is 43.0 Å². The molecule has 1 amide bonds. The second-order valence-corrected chi connectivity index (χ2v) is 6.21. The summed E-state index contributed by atoms with van der Waals surface area (Å²) in [5.41, 5.74) is 2.12. The summed E-state index contributed by atoms with van der Waals surface area (Å²) in [5, 5.41) is 16.0. The van der Waals surface area contributed by atoms with Gasteiger partial charge in [-0.1, -0.05) is 13.8 Å². The van der Waals surface area contributed by atoms with Gasteiger partial charge in [0.05, 0.1) is 11.6 Å². The Labute approximate surface area is 140 Å². The summed E-state index contributed by atoms with van der Waals surface area (Å²) in [6, 6.07) is 5.33. The van der Waals surface area contributed by atoms with Gasteiger partial charge < -0.3 is 10.4 Å². The predicted octanol–water partition coefficient (Wildman–Crippen LogP) is 2.05. The molecule has 0 radical (unpaired) electrons. The summed E-state index contributed by atoms with van der Waals surface area (Å²) in [4.78, 5) is 27.5. The average molecular weight is 330 g/mol. The molecule has 1 heterocycles. The molecule has 0 fully saturated rings. The van der Waals surface area contributed by atoms with Crippen LogP contribution in [0.15, 0.2) is 30.9 Å². The van der Waals surface area contributed by atoms with Gasteiger partial charge in [-0.25, -0.2) is 9.67 Å². The van der Waals surface area contributed by atoms with Crippen molar-refractivity contribution in [3.63, 3.8) is 0 Å². The van der Waals surface area contributed by atoms with E-state index >= 15 is 0 Å². The lowest BCUT2D eigenvalue weighted by atomic mass is 9.97. The Morgan fingerprint density at radius 2 is 2.08 bits per heavy atom. The zero-order valence-electron chi connectivity index (χ0n) is 14.1. The standard InChI is InChI=1S/C17H22N4O3/c1-11(2)6-13(17(23)24)8-19-16(22)15-5-4-14(7-12(15)3)21-10-18-9-20-21/h4-5,7,9-11,13H,6,8H2,1-3H3,(H,19,22)(H,23,24). The monoisotopic (exact) mass is 330 g/mol. The first-order valence-corrected chi connectivity index (χ1v) is 7.85. The molecule has 1 aromatic carbocycles. The fraction of sp³-hybridized carbons (Fsp3) is 0.412. The van der Waals surface area contributed by atoms with Crippen molar-refractivity contribution in [3.8, 4) is 5.69 Å². The van der Waals surface area contributed by atoms with E-state index in [2.05, 4.69) is 15.4 Å². The maximum atomic E-state index is 12.3. The minimum Gasteiger partial charge on any atom is -0.481 e. The van der Waals surface area contributed by atoms with Crippen LogP contribution in [0.4, 0.5) is 0 Å². The Morgan fingerprint density at radius 3 is 2.62 bits per heavy atom. The first-order chi connectivity index (χ1) is 11.4. The van der Waals surface area contributed by atoms with E-state index in [0.717, 1.165) is 11.3 Å². The number of rotatable bonds is 7. The van der Waals surface area contributed by atoms with Gasteiger partial charge >= 0.3 is 5.97 Å². The normalized spacial score (nSPS) is 12.2. The molecule has 1 atom stereocenters. The van der Waals surface area contributed by atoms with E-state index in [0.29, 0.717) is 12.0 Å². The van der Waals surface area contributed by atoms with E-state index in [-0.39, 0.29) is 18.4 Å². The number of aromatic nitrogens is 3. The van der Waals surface area contributed by atoms with Crippen molar-refractivity contribution in [2.45, 2.75) is 27.2 Å². The molecule has 24 heavy (non-hydrogen) atoms. The minimum atomic E-state index is -0.887. The molecule has 0 bridgehead atoms. The highest BCUT2D eigenvalue weighted by atomic mass is 16.4. The Kier molecular flexibility index (Phi) is 5.68. The van der Waals surface area contributed by atoms with Gasteiger partial charge in [-0.3, -0.25) is 9.59 Å². The van der Waals surface area contributed by atoms with Crippen LogP contribution >= 0.6 is 0 Å². The minimum absolute atomic E-state index is 0.122. The molecule has 0 aliphatic carbocycles. The highest BCUT2D eigenvalue weighted by Gasteiger charge is 2.20. The first kappa shape index (κ1) is 17.7. The maximum Gasteiger partial charge on any atom is 0.308 e. The number of hydrogen-bond donors (Lipinski definition) is 2. The highest BCUT2D eigenvalue weighted by molar-refractivity contribution is 5.96. The van der Waals surface area contributed by atoms with E-state index in [4.69, 9.17) is 0 Å². The van der Waals surface area contributed by atoms with Gasteiger partial charge in [0, 0.05) is 12.1 Å². The molecule has 0 aliphatic rings. The van der Waals surface area contributed by atoms with E-state index in [1.54, 1.807) is 23.1 Å². The molecular weight excluding hydrogens is 308 g/mol. The van der Waals surface area contributed by atoms with Crippen LogP contribution < -0.4 is 5.32 Å². The topological polar surface area (TPSA) is 97.1 Å². The van der Waals surface area contributed by atoms with Crippen LogP contribution in [-0.4, -0.2) is 38.3 Å². The zero-order valence-corrected chi connectivity index (χ0v) is 14.1. The van der Waals surface area contributed by atoms with Crippen LogP contribution in [0.2, 0.25) is 0 Å². The number of hydrogen-bond acceptors (Lipinski definition) is 4. The van der Waals surface area contributed by atoms with E-state index in [1.807, 2.05) is 26.8 Å². The molecule has 2 aromatic rings. The van der Waals surface area contributed by atoms with E-state index in [9.17, 15) is 14.7 Å². The Morgan fingerprint density at radius 1 is 1.33 bits per heavy atom. The van der Waals surface area contributed by atoms with Gasteiger partial charge in [0.15, 0.2) is 0 Å². The maximum absolute atomic E-state index is 12.3. The van der Waals surface area contributed by atoms with Gasteiger partial charge in [-0.15, -0.1) is 0 Å². The molecule has 7 heteroatoms. The van der Waals surface area contributed by atoms with Gasteiger partial charge in [0.1, 0.15) is 12.7 Å². The highest BCUT2D eigenvalue weighted by Crippen LogP contribution is 2.15. The van der Waals surface area contributed by atoms with Crippen molar-refractivity contribution in [2.24, 2.45) is 11.8 Å². The lowest BCUT2D eigenvalue weighted by Gasteiger charge is -2.16. The van der Waals surface area contributed by atoms with Crippen LogP contribution in [0.25, 0.3) is 5.69 Å². The number of amides is 1. The Bertz CT molecular complexity index is 711. The van der Waals surface area contributed by atoms with Crippen molar-refractivity contribution in [1.29, 1.82) is 0 Å². The molecule has 0 saturated heterocycles. The fourth-order valence-electron chi connectivity index (χ4n) is 2.54. The van der Waals surface area contributed by atoms with Crippen molar-refractivity contribution in [1.82, 2.24) is 20.1 Å². The van der Waals surface area contributed by atoms with Crippen molar-refractivity contribution >= 4 is 11.9 Å². The van der Waals surface area contributed by atoms with Crippen LogP contribution in [-0.2, 0) is 4.79 Å². The molecule has 7 nitrogen and oxygen atoms in total. The summed E-state index contributed by atoms with van der Waals surface area (Å²) in [5.74, 6) is -1.48. The number of carboxylic acid groups (broad SMARTS) is 1. The molecular formula is C17H22N4O3. The summed E-state index contributed by atoms with van der Waals surface area (Å²) in [7, 11) is 0. The number of carboxylic acids is 1. The van der Waals surface area contributed by atoms with Crippen LogP contribution in [0.3, 0.4) is 0 Å². The third kappa shape index (κ3) is 4.41. The lowest BCUT2D eigenvalue weighted by molar-refractivity contribution is -0.142. The largest absolute Gasteiger partial charge is 0.481 e. The fourth-order valence-corrected chi connectivity index (χ4v) is 2.54. The SMILES string of the molecule is Cc1cc(-n2cncn2)ccc1C(=O)NCC(CC(C)C)C(=O)O. The molecule has 0 aliphatic heterocycles. The molecule has 2 N–H and O–H groups in total. The molecule has 128 valence electrons. The number of carbonyl (C=O) groups excluding carboxylic acids is 1. The third-order valence-corrected chi connectivity index (χ3v) is 3.75. The molecule has 1 unspecified atom stereocenters. The number of nitrogens with one attached hydrogen (secondary N) is 1. The van der Waals surface area contributed by atoms with E-state index < -0.39 is 11.9 Å². The summed E-state index contributed by atoms with van der Waals surface area (Å²) < 4.78 is 1.61. The Balaban J connectivity index is 2.05. The molecule has 0 spiro atoms. The lowest BCUT2D eigenvalue weighted by Crippen LogP contribution is -2.34. The van der Waals surface area contributed by atoms with Crippen LogP contribution in [0.5, 0.6) is 0 Å². The van der Waals surface area contributed by atoms with E-state index in [1.165, 1.54) is 6.33 Å². The molecule has 1 aromatic heterocycles. The average Bonchev–Trinajstić information content (AvgIpc) is 3.04. The predicted molar refractivity (Wildman–Crippen MR) is 89.0 cm³/mol. The smallest absolute Gasteiger partial charge is 0.308 e. The van der Waals surface area contributed by atoms with Crippen LogP contribution in [0.1, 0.15) is 36.2 Å². The zero-order chi connectivity index (χ0) is 17.7. The van der Waals surface area contributed by atoms with Crippen molar-refractivity contribution in [2.75, 3.05) is 6.54 Å². The quantitative estimate of drug-likeness (QED) is 0.810. The second-order valence-electron chi connectivity index (χ2n) is 6.21. The number of carbonyl (C=O) groups is 2. The van der Waals surface area contributed by atoms with Crippen LogP contribution in [0, 0.1) is 18.8 Å². The number of benzene rings is 1. The number of nitrogens with zero attached hydrogens (tertiary/aromatic N) is 3. The number of aliphatic carboxylic acids is 1. The van der Waals surface area contributed by atoms with Gasteiger partial charge in [-0.2, -0.15) is 5.10 Å². The third-order valence-electron chi connectivity index (χ3n) is 3.75. The Hall–Kier alpha value is -2.70. The summed E-state index contributed by atoms with van der Waals surface area (Å²) in [6.07, 6.45) is 3.55. The second kappa shape index (κ2) is 7.72. The molecule has 2 rings (SSSR count). The summed E-state index contributed by atoms with van der Waals surface area (Å²) in [6.45, 7) is 5.88. The molecule has 0 saturated carbocycles. The summed E-state index contributed by atoms with van der Waals surface area (Å²) >= 11 is 0. The van der Waals surface area contributed by atoms with Gasteiger partial charge in [0.2, 0.25) is 0 Å². The van der Waals surface area contributed by atoms with Crippen molar-refractivity contribution < 1.29 is 14.7 Å². The van der Waals surface area contributed by atoms with Crippen molar-refractivity contribution in [3.05, 3.63) is 42.0 Å². The number of aryl methyl sites for hydroxylation is 1. The first-order valence-electron chi connectivity index (χ1n) is 7.85. The van der Waals surface area contributed by atoms with Gasteiger partial charge in [0.25, 0.3) is 5.91 Å².